The zero-order valence-corrected chi connectivity index (χ0v) is 11.8. The molecule has 0 N–H and O–H groups in total. The van der Waals surface area contributed by atoms with Crippen molar-refractivity contribution < 1.29 is 9.58 Å². The highest BCUT2D eigenvalue weighted by molar-refractivity contribution is 5.75. The summed E-state index contributed by atoms with van der Waals surface area (Å²) >= 11 is 0. The smallest absolute Gasteiger partial charge is 0.332 e. The van der Waals surface area contributed by atoms with E-state index >= 15 is 0 Å². The number of hydrogen-bond acceptors (Lipinski definition) is 6. The maximum Gasteiger partial charge on any atom is 0.332 e. The molecular formula is C12H15N5O4. The zero-order chi connectivity index (χ0) is 15.1. The van der Waals surface area contributed by atoms with Crippen molar-refractivity contribution in [2.75, 3.05) is 31.2 Å². The van der Waals surface area contributed by atoms with E-state index < -0.39 is 11.2 Å². The highest BCUT2D eigenvalue weighted by Gasteiger charge is 2.23. The van der Waals surface area contributed by atoms with Crippen LogP contribution in [-0.4, -0.2) is 40.5 Å². The molecule has 0 radical (unpaired) electrons. The first-order valence-electron chi connectivity index (χ1n) is 6.54. The van der Waals surface area contributed by atoms with E-state index in [9.17, 15) is 14.8 Å². The summed E-state index contributed by atoms with van der Waals surface area (Å²) in [4.78, 5) is 26.3. The van der Waals surface area contributed by atoms with Crippen LogP contribution >= 0.6 is 0 Å². The van der Waals surface area contributed by atoms with Gasteiger partial charge in [0.2, 0.25) is 0 Å². The van der Waals surface area contributed by atoms with Crippen LogP contribution in [0.1, 0.15) is 0 Å². The van der Waals surface area contributed by atoms with Gasteiger partial charge < -0.3 is 9.94 Å². The van der Waals surface area contributed by atoms with Crippen molar-refractivity contribution in [3.8, 4) is 0 Å². The summed E-state index contributed by atoms with van der Waals surface area (Å²) in [7, 11) is 2.88. The molecular weight excluding hydrogens is 278 g/mol. The van der Waals surface area contributed by atoms with Gasteiger partial charge in [0.15, 0.2) is 5.65 Å². The zero-order valence-electron chi connectivity index (χ0n) is 11.8. The molecule has 21 heavy (non-hydrogen) atoms. The lowest BCUT2D eigenvalue weighted by atomic mass is 10.3. The molecule has 1 aliphatic heterocycles. The summed E-state index contributed by atoms with van der Waals surface area (Å²) in [6, 6.07) is 1.49. The topological polar surface area (TPSA) is 96.3 Å². The van der Waals surface area contributed by atoms with Gasteiger partial charge in [-0.05, 0) is 0 Å². The number of ether oxygens (including phenoxy) is 1. The van der Waals surface area contributed by atoms with Crippen molar-refractivity contribution >= 4 is 16.9 Å². The molecule has 2 aromatic rings. The Bertz CT molecular complexity index is 819. The van der Waals surface area contributed by atoms with Gasteiger partial charge in [-0.25, -0.2) is 4.79 Å². The van der Waals surface area contributed by atoms with Crippen LogP contribution < -0.4 is 21.0 Å². The maximum atomic E-state index is 12.2. The van der Waals surface area contributed by atoms with Crippen molar-refractivity contribution in [1.82, 2.24) is 14.2 Å². The molecule has 0 atom stereocenters. The van der Waals surface area contributed by atoms with Crippen LogP contribution in [0.4, 0.5) is 5.82 Å². The van der Waals surface area contributed by atoms with Gasteiger partial charge in [-0.2, -0.15) is 0 Å². The summed E-state index contributed by atoms with van der Waals surface area (Å²) in [6.45, 7) is 2.15. The normalized spacial score (nSPS) is 15.6. The van der Waals surface area contributed by atoms with E-state index in [4.69, 9.17) is 4.74 Å². The Morgan fingerprint density at radius 1 is 1.24 bits per heavy atom. The minimum absolute atomic E-state index is 0.0788. The molecule has 9 nitrogen and oxygen atoms in total. The molecule has 3 rings (SSSR count). The number of fused-ring (bicyclic) bond motifs is 1. The first-order valence-corrected chi connectivity index (χ1v) is 6.54. The van der Waals surface area contributed by atoms with Gasteiger partial charge in [0.25, 0.3) is 5.56 Å². The Hall–Kier alpha value is -2.42. The van der Waals surface area contributed by atoms with Gasteiger partial charge in [0.1, 0.15) is 13.1 Å². The fraction of sp³-hybridized carbons (Fsp3) is 0.500. The Morgan fingerprint density at radius 3 is 2.57 bits per heavy atom. The minimum Gasteiger partial charge on any atom is -0.691 e. The van der Waals surface area contributed by atoms with E-state index in [2.05, 4.69) is 5.10 Å². The fourth-order valence-corrected chi connectivity index (χ4v) is 2.43. The van der Waals surface area contributed by atoms with Gasteiger partial charge in [-0.1, -0.05) is 5.10 Å². The van der Waals surface area contributed by atoms with Crippen molar-refractivity contribution in [1.29, 1.82) is 0 Å². The second kappa shape index (κ2) is 4.85. The van der Waals surface area contributed by atoms with E-state index in [1.165, 1.54) is 24.7 Å². The molecule has 112 valence electrons. The molecule has 0 saturated carbocycles. The molecule has 0 aliphatic carbocycles. The minimum atomic E-state index is -0.515. The average molecular weight is 293 g/mol. The molecule has 1 aliphatic rings. The average Bonchev–Trinajstić information content (AvgIpc) is 2.51. The largest absolute Gasteiger partial charge is 0.691 e. The SMILES string of the molecule is Cn1c(=O)c2cc(N3CCOCC3)[n+]([O-])nc2n(C)c1=O. The Labute approximate surface area is 119 Å². The predicted molar refractivity (Wildman–Crippen MR) is 74.2 cm³/mol. The highest BCUT2D eigenvalue weighted by atomic mass is 16.5. The quantitative estimate of drug-likeness (QED) is 0.450. The van der Waals surface area contributed by atoms with Gasteiger partial charge in [-0.15, -0.1) is 4.85 Å². The van der Waals surface area contributed by atoms with Crippen molar-refractivity contribution in [2.24, 2.45) is 14.1 Å². The third-order valence-electron chi connectivity index (χ3n) is 3.66. The molecule has 1 fully saturated rings. The molecule has 9 heteroatoms. The molecule has 3 heterocycles. The number of hydrogen-bond donors (Lipinski definition) is 0. The van der Waals surface area contributed by atoms with Crippen LogP contribution in [0, 0.1) is 5.21 Å². The molecule has 0 spiro atoms. The molecule has 2 aromatic heterocycles. The highest BCUT2D eigenvalue weighted by Crippen LogP contribution is 2.13. The number of anilines is 1. The lowest BCUT2D eigenvalue weighted by Gasteiger charge is -2.23. The number of morpholine rings is 1. The van der Waals surface area contributed by atoms with Crippen LogP contribution in [0.3, 0.4) is 0 Å². The molecule has 0 unspecified atom stereocenters. The molecule has 0 bridgehead atoms. The van der Waals surface area contributed by atoms with Crippen LogP contribution in [0.2, 0.25) is 0 Å². The van der Waals surface area contributed by atoms with Gasteiger partial charge >= 0.3 is 11.5 Å². The predicted octanol–water partition coefficient (Wildman–Crippen LogP) is -1.90. The lowest BCUT2D eigenvalue weighted by Crippen LogP contribution is -2.47. The number of aromatic nitrogens is 4. The summed E-state index contributed by atoms with van der Waals surface area (Å²) in [5.74, 6) is 0.293. The molecule has 0 aromatic carbocycles. The maximum absolute atomic E-state index is 12.2. The third kappa shape index (κ3) is 2.05. The number of rotatable bonds is 1. The van der Waals surface area contributed by atoms with Crippen molar-refractivity contribution in [2.45, 2.75) is 0 Å². The lowest BCUT2D eigenvalue weighted by molar-refractivity contribution is -0.654. The van der Waals surface area contributed by atoms with Gasteiger partial charge in [0, 0.05) is 20.2 Å². The van der Waals surface area contributed by atoms with Crippen LogP contribution in [0.25, 0.3) is 11.0 Å². The Kier molecular flexibility index (Phi) is 3.13. The Balaban J connectivity index is 2.28. The van der Waals surface area contributed by atoms with Crippen molar-refractivity contribution in [3.63, 3.8) is 0 Å². The number of nitrogens with zero attached hydrogens (tertiary/aromatic N) is 5. The second-order valence-electron chi connectivity index (χ2n) is 4.92. The van der Waals surface area contributed by atoms with E-state index in [1.807, 2.05) is 4.90 Å². The van der Waals surface area contributed by atoms with E-state index in [0.29, 0.717) is 37.0 Å². The van der Waals surface area contributed by atoms with E-state index in [-0.39, 0.29) is 11.0 Å². The first kappa shape index (κ1) is 13.6. The number of aryl methyl sites for hydroxylation is 1. The fourth-order valence-electron chi connectivity index (χ4n) is 2.43. The second-order valence-corrected chi connectivity index (χ2v) is 4.92. The molecule has 1 saturated heterocycles. The van der Waals surface area contributed by atoms with Crippen LogP contribution in [-0.2, 0) is 18.8 Å². The molecule has 0 amide bonds. The van der Waals surface area contributed by atoms with Gasteiger partial charge in [-0.3, -0.25) is 18.8 Å². The summed E-state index contributed by atoms with van der Waals surface area (Å²) in [5.41, 5.74) is -0.898. The van der Waals surface area contributed by atoms with Crippen molar-refractivity contribution in [3.05, 3.63) is 32.1 Å². The summed E-state index contributed by atoms with van der Waals surface area (Å²) in [6.07, 6.45) is 0. The Morgan fingerprint density at radius 2 is 1.90 bits per heavy atom. The van der Waals surface area contributed by atoms with Crippen LogP contribution in [0.15, 0.2) is 15.7 Å². The first-order chi connectivity index (χ1) is 10.0. The summed E-state index contributed by atoms with van der Waals surface area (Å²) in [5, 5.41) is 16.2. The van der Waals surface area contributed by atoms with Crippen LogP contribution in [0.5, 0.6) is 0 Å². The monoisotopic (exact) mass is 293 g/mol. The summed E-state index contributed by atoms with van der Waals surface area (Å²) < 4.78 is 7.43. The van der Waals surface area contributed by atoms with E-state index in [0.717, 1.165) is 4.57 Å². The third-order valence-corrected chi connectivity index (χ3v) is 3.66. The standard InChI is InChI=1S/C12H15N5O4/c1-14-10-8(11(18)15(2)12(14)19)7-9(17(20)13-10)16-3-5-21-6-4-16/h7H,3-6H2,1-2H3. The van der Waals surface area contributed by atoms with Gasteiger partial charge in [0.05, 0.1) is 18.6 Å². The van der Waals surface area contributed by atoms with E-state index in [1.54, 1.807) is 0 Å².